The molecule has 2 fully saturated rings. The molecule has 1 amide bonds. The van der Waals surface area contributed by atoms with E-state index in [0.29, 0.717) is 43.1 Å². The minimum absolute atomic E-state index is 0. The molecule has 27 heavy (non-hydrogen) atoms. The summed E-state index contributed by atoms with van der Waals surface area (Å²) in [5, 5.41) is 3.79. The van der Waals surface area contributed by atoms with Crippen LogP contribution < -0.4 is 5.32 Å². The van der Waals surface area contributed by atoms with Crippen molar-refractivity contribution in [2.75, 3.05) is 39.3 Å². The van der Waals surface area contributed by atoms with Crippen molar-refractivity contribution in [3.63, 3.8) is 0 Å². The number of rotatable bonds is 4. The predicted molar refractivity (Wildman–Crippen MR) is 104 cm³/mol. The zero-order valence-corrected chi connectivity index (χ0v) is 16.7. The van der Waals surface area contributed by atoms with Crippen LogP contribution in [0, 0.1) is 11.8 Å². The number of piperazine rings is 1. The maximum Gasteiger partial charge on any atom is 0.245 e. The molecule has 0 saturated carbocycles. The number of nitrogens with one attached hydrogen (secondary N) is 2. The highest BCUT2D eigenvalue weighted by Gasteiger charge is 2.35. The molecular formula is C17H24ClN5O3S. The number of pyridine rings is 1. The summed E-state index contributed by atoms with van der Waals surface area (Å²) in [5.41, 5.74) is 0.558. The van der Waals surface area contributed by atoms with Crippen molar-refractivity contribution in [1.82, 2.24) is 24.5 Å². The number of nitrogens with zero attached hydrogens (tertiary/aromatic N) is 3. The van der Waals surface area contributed by atoms with E-state index >= 15 is 0 Å². The molecule has 10 heteroatoms. The molecular weight excluding hydrogens is 390 g/mol. The van der Waals surface area contributed by atoms with Gasteiger partial charge in [0.05, 0.1) is 0 Å². The molecule has 4 heterocycles. The number of halogens is 1. The Morgan fingerprint density at radius 1 is 1.26 bits per heavy atom. The van der Waals surface area contributed by atoms with Crippen LogP contribution >= 0.6 is 12.4 Å². The van der Waals surface area contributed by atoms with E-state index in [9.17, 15) is 13.2 Å². The summed E-state index contributed by atoms with van der Waals surface area (Å²) in [7, 11) is -3.61. The molecule has 0 spiro atoms. The standard InChI is InChI=1S/C17H23N5O3S.ClH/c1-12(13-9-18-10-13)17(23)21-5-7-22(8-6-21)26(24,25)15-11-20-16-14(15)3-2-4-19-16;/h2-4,11-13,18H,5-10H2,1H3,(H,19,20);1H. The monoisotopic (exact) mass is 413 g/mol. The van der Waals surface area contributed by atoms with Gasteiger partial charge in [-0.15, -0.1) is 12.4 Å². The Morgan fingerprint density at radius 2 is 1.96 bits per heavy atom. The number of hydrogen-bond donors (Lipinski definition) is 2. The molecule has 1 atom stereocenters. The van der Waals surface area contributed by atoms with E-state index in [0.717, 1.165) is 13.1 Å². The van der Waals surface area contributed by atoms with Crippen molar-refractivity contribution in [3.05, 3.63) is 24.5 Å². The Bertz CT molecular complexity index is 920. The molecule has 0 radical (unpaired) electrons. The van der Waals surface area contributed by atoms with Crippen LogP contribution in [-0.2, 0) is 14.8 Å². The van der Waals surface area contributed by atoms with Crippen LogP contribution in [0.3, 0.4) is 0 Å². The molecule has 2 aliphatic heterocycles. The highest BCUT2D eigenvalue weighted by molar-refractivity contribution is 7.89. The number of carbonyl (C=O) groups is 1. The zero-order chi connectivity index (χ0) is 18.3. The first-order valence-corrected chi connectivity index (χ1v) is 10.3. The minimum atomic E-state index is -3.61. The normalized spacial score (nSPS) is 20.1. The second kappa shape index (κ2) is 7.75. The Kier molecular flexibility index (Phi) is 5.76. The third-order valence-corrected chi connectivity index (χ3v) is 7.43. The molecule has 148 valence electrons. The Labute approximate surface area is 164 Å². The molecule has 1 unspecified atom stereocenters. The average molecular weight is 414 g/mol. The molecule has 2 aromatic rings. The Hall–Kier alpha value is -1.68. The van der Waals surface area contributed by atoms with Gasteiger partial charge in [0.2, 0.25) is 15.9 Å². The van der Waals surface area contributed by atoms with Crippen LogP contribution in [0.25, 0.3) is 11.0 Å². The smallest absolute Gasteiger partial charge is 0.245 e. The SMILES string of the molecule is CC(C(=O)N1CCN(S(=O)(=O)c2c[nH]c3ncccc23)CC1)C1CNC1.Cl. The first-order chi connectivity index (χ1) is 12.5. The topological polar surface area (TPSA) is 98.4 Å². The minimum Gasteiger partial charge on any atom is -0.345 e. The van der Waals surface area contributed by atoms with E-state index in [2.05, 4.69) is 15.3 Å². The quantitative estimate of drug-likeness (QED) is 0.767. The summed E-state index contributed by atoms with van der Waals surface area (Å²) >= 11 is 0. The predicted octanol–water partition coefficient (Wildman–Crippen LogP) is 0.673. The van der Waals surface area contributed by atoms with Crippen LogP contribution in [0.5, 0.6) is 0 Å². The number of amides is 1. The molecule has 2 aromatic heterocycles. The van der Waals surface area contributed by atoms with Crippen LogP contribution in [0.2, 0.25) is 0 Å². The van der Waals surface area contributed by atoms with E-state index in [-0.39, 0.29) is 29.1 Å². The van der Waals surface area contributed by atoms with Gasteiger partial charge in [-0.2, -0.15) is 4.31 Å². The lowest BCUT2D eigenvalue weighted by Crippen LogP contribution is -2.55. The van der Waals surface area contributed by atoms with Gasteiger partial charge in [0, 0.05) is 49.9 Å². The van der Waals surface area contributed by atoms with E-state index < -0.39 is 10.0 Å². The van der Waals surface area contributed by atoms with Crippen molar-refractivity contribution >= 4 is 39.4 Å². The van der Waals surface area contributed by atoms with Gasteiger partial charge < -0.3 is 15.2 Å². The highest BCUT2D eigenvalue weighted by Crippen LogP contribution is 2.26. The second-order valence-corrected chi connectivity index (χ2v) is 8.90. The van der Waals surface area contributed by atoms with Gasteiger partial charge in [-0.1, -0.05) is 6.92 Å². The summed E-state index contributed by atoms with van der Waals surface area (Å²) in [4.78, 5) is 21.7. The summed E-state index contributed by atoms with van der Waals surface area (Å²) in [5.74, 6) is 0.506. The van der Waals surface area contributed by atoms with Gasteiger partial charge in [-0.25, -0.2) is 13.4 Å². The van der Waals surface area contributed by atoms with E-state index in [1.54, 1.807) is 23.2 Å². The van der Waals surface area contributed by atoms with Crippen molar-refractivity contribution < 1.29 is 13.2 Å². The largest absolute Gasteiger partial charge is 0.345 e. The van der Waals surface area contributed by atoms with Gasteiger partial charge >= 0.3 is 0 Å². The molecule has 0 aliphatic carbocycles. The first-order valence-electron chi connectivity index (χ1n) is 8.90. The van der Waals surface area contributed by atoms with Crippen LogP contribution in [0.15, 0.2) is 29.4 Å². The number of carbonyl (C=O) groups excluding carboxylic acids is 1. The van der Waals surface area contributed by atoms with E-state index in [4.69, 9.17) is 0 Å². The van der Waals surface area contributed by atoms with Crippen molar-refractivity contribution in [2.45, 2.75) is 11.8 Å². The fourth-order valence-corrected chi connectivity index (χ4v) is 5.16. The van der Waals surface area contributed by atoms with Gasteiger partial charge in [0.1, 0.15) is 10.5 Å². The number of sulfonamides is 1. The number of aromatic nitrogens is 2. The van der Waals surface area contributed by atoms with Crippen molar-refractivity contribution in [3.8, 4) is 0 Å². The molecule has 4 rings (SSSR count). The van der Waals surface area contributed by atoms with Gasteiger partial charge in [-0.3, -0.25) is 4.79 Å². The number of fused-ring (bicyclic) bond motifs is 1. The van der Waals surface area contributed by atoms with Crippen LogP contribution in [0.4, 0.5) is 0 Å². The summed E-state index contributed by atoms with van der Waals surface area (Å²) in [6.45, 7) is 5.24. The second-order valence-electron chi connectivity index (χ2n) is 6.99. The molecule has 0 aromatic carbocycles. The maximum absolute atomic E-state index is 13.0. The van der Waals surface area contributed by atoms with Crippen LogP contribution in [0.1, 0.15) is 6.92 Å². The fraction of sp³-hybridized carbons (Fsp3) is 0.529. The highest BCUT2D eigenvalue weighted by atomic mass is 35.5. The summed E-state index contributed by atoms with van der Waals surface area (Å²) in [6.07, 6.45) is 3.12. The molecule has 2 saturated heterocycles. The average Bonchev–Trinajstić information content (AvgIpc) is 3.04. The fourth-order valence-electron chi connectivity index (χ4n) is 3.59. The third kappa shape index (κ3) is 3.56. The number of H-pyrrole nitrogens is 1. The van der Waals surface area contributed by atoms with Gasteiger partial charge in [0.15, 0.2) is 0 Å². The number of hydrogen-bond acceptors (Lipinski definition) is 5. The molecule has 0 bridgehead atoms. The Balaban J connectivity index is 0.00000210. The Morgan fingerprint density at radius 3 is 2.59 bits per heavy atom. The van der Waals surface area contributed by atoms with Crippen LogP contribution in [-0.4, -0.2) is 72.8 Å². The molecule has 2 aliphatic rings. The van der Waals surface area contributed by atoms with Crippen molar-refractivity contribution in [1.29, 1.82) is 0 Å². The molecule has 8 nitrogen and oxygen atoms in total. The maximum atomic E-state index is 13.0. The van der Waals surface area contributed by atoms with E-state index in [1.165, 1.54) is 10.5 Å². The van der Waals surface area contributed by atoms with E-state index in [1.807, 2.05) is 6.92 Å². The molecule has 2 N–H and O–H groups in total. The van der Waals surface area contributed by atoms with Gasteiger partial charge in [0.25, 0.3) is 0 Å². The van der Waals surface area contributed by atoms with Gasteiger partial charge in [-0.05, 0) is 31.1 Å². The lowest BCUT2D eigenvalue weighted by atomic mass is 9.88. The first kappa shape index (κ1) is 20.1. The third-order valence-electron chi connectivity index (χ3n) is 5.49. The zero-order valence-electron chi connectivity index (χ0n) is 15.1. The number of aromatic amines is 1. The lowest BCUT2D eigenvalue weighted by molar-refractivity contribution is -0.138. The lowest BCUT2D eigenvalue weighted by Gasteiger charge is -2.38. The van der Waals surface area contributed by atoms with Crippen molar-refractivity contribution in [2.24, 2.45) is 11.8 Å². The summed E-state index contributed by atoms with van der Waals surface area (Å²) < 4.78 is 27.5. The summed E-state index contributed by atoms with van der Waals surface area (Å²) in [6, 6.07) is 3.47.